The van der Waals surface area contributed by atoms with Gasteiger partial charge in [-0.1, -0.05) is 239 Å². The molecule has 0 saturated carbocycles. The summed E-state index contributed by atoms with van der Waals surface area (Å²) in [6, 6.07) is 0. The number of carboxylic acid groups (broad SMARTS) is 1. The molecule has 2 unspecified atom stereocenters. The van der Waals surface area contributed by atoms with E-state index in [0.29, 0.717) is 17.4 Å². The smallest absolute Gasteiger partial charge is 0.361 e. The Morgan fingerprint density at radius 2 is 0.740 bits per heavy atom. The number of esters is 2. The minimum Gasteiger partial charge on any atom is -0.477 e. The molecule has 0 bridgehead atoms. The number of unbranched alkanes of at least 4 members (excludes halogenated alkanes) is 23. The van der Waals surface area contributed by atoms with Crippen molar-refractivity contribution in [1.29, 1.82) is 0 Å². The van der Waals surface area contributed by atoms with E-state index in [2.05, 4.69) is 123 Å². The highest BCUT2D eigenvalue weighted by atomic mass is 16.7. The molecule has 1 N–H and O–H groups in total. The van der Waals surface area contributed by atoms with Crippen molar-refractivity contribution in [3.63, 3.8) is 0 Å². The van der Waals surface area contributed by atoms with E-state index in [1.54, 1.807) is 0 Å². The van der Waals surface area contributed by atoms with Crippen LogP contribution in [-0.4, -0.2) is 87.4 Å². The third kappa shape index (κ3) is 59.5. The number of nitrogens with zero attached hydrogens (tertiary/aromatic N) is 1. The molecule has 0 aliphatic carbocycles. The first-order valence-electron chi connectivity index (χ1n) is 31.1. The first-order chi connectivity index (χ1) is 37.6. The number of hydrogen-bond donors (Lipinski definition) is 1. The summed E-state index contributed by atoms with van der Waals surface area (Å²) in [5.74, 6) is -2.06. The monoisotopic (exact) mass is 1070 g/mol. The molecular formula is C68H116NO8+. The van der Waals surface area contributed by atoms with Gasteiger partial charge in [-0.2, -0.15) is 0 Å². The molecule has 0 amide bonds. The van der Waals surface area contributed by atoms with E-state index < -0.39 is 24.3 Å². The van der Waals surface area contributed by atoms with E-state index in [1.165, 1.54) is 122 Å². The van der Waals surface area contributed by atoms with Crippen molar-refractivity contribution in [3.05, 3.63) is 109 Å². The quantitative estimate of drug-likeness (QED) is 0.0211. The molecule has 0 aliphatic rings. The summed E-state index contributed by atoms with van der Waals surface area (Å²) in [4.78, 5) is 37.5. The summed E-state index contributed by atoms with van der Waals surface area (Å²) in [5.41, 5.74) is 0. The summed E-state index contributed by atoms with van der Waals surface area (Å²) in [6.45, 7) is 4.72. The zero-order chi connectivity index (χ0) is 56.2. The van der Waals surface area contributed by atoms with E-state index in [1.807, 2.05) is 21.1 Å². The Morgan fingerprint density at radius 1 is 0.403 bits per heavy atom. The molecule has 77 heavy (non-hydrogen) atoms. The van der Waals surface area contributed by atoms with Crippen LogP contribution in [0.15, 0.2) is 109 Å². The van der Waals surface area contributed by atoms with Gasteiger partial charge in [0.2, 0.25) is 0 Å². The molecule has 0 radical (unpaired) electrons. The average molecular weight is 1080 g/mol. The fourth-order valence-electron chi connectivity index (χ4n) is 8.26. The van der Waals surface area contributed by atoms with Gasteiger partial charge in [0.05, 0.1) is 34.4 Å². The molecule has 0 aliphatic heterocycles. The third-order valence-corrected chi connectivity index (χ3v) is 13.0. The maximum atomic E-state index is 12.9. The topological polar surface area (TPSA) is 108 Å². The van der Waals surface area contributed by atoms with Gasteiger partial charge >= 0.3 is 17.9 Å². The van der Waals surface area contributed by atoms with E-state index >= 15 is 0 Å². The lowest BCUT2D eigenvalue weighted by Crippen LogP contribution is -2.40. The van der Waals surface area contributed by atoms with Crippen LogP contribution in [0, 0.1) is 0 Å². The molecule has 0 fully saturated rings. The second-order valence-corrected chi connectivity index (χ2v) is 21.6. The lowest BCUT2D eigenvalue weighted by Gasteiger charge is -2.25. The number of ether oxygens (including phenoxy) is 4. The molecular weight excluding hydrogens is 959 g/mol. The second-order valence-electron chi connectivity index (χ2n) is 21.6. The molecule has 0 rings (SSSR count). The number of hydrogen-bond acceptors (Lipinski definition) is 7. The molecule has 0 heterocycles. The molecule has 0 spiro atoms. The fraction of sp³-hybridized carbons (Fsp3) is 0.691. The van der Waals surface area contributed by atoms with Crippen molar-refractivity contribution >= 4 is 17.9 Å². The van der Waals surface area contributed by atoms with Gasteiger partial charge in [-0.25, -0.2) is 4.79 Å². The first-order valence-corrected chi connectivity index (χ1v) is 31.1. The van der Waals surface area contributed by atoms with Gasteiger partial charge in [0.1, 0.15) is 13.2 Å². The van der Waals surface area contributed by atoms with Gasteiger partial charge in [-0.3, -0.25) is 9.59 Å². The highest BCUT2D eigenvalue weighted by Gasteiger charge is 2.25. The summed E-state index contributed by atoms with van der Waals surface area (Å²) in [6.07, 6.45) is 77.5. The van der Waals surface area contributed by atoms with Crippen LogP contribution in [0.25, 0.3) is 0 Å². The molecule has 9 nitrogen and oxygen atoms in total. The Kier molecular flexibility index (Phi) is 55.1. The van der Waals surface area contributed by atoms with Crippen LogP contribution in [-0.2, 0) is 33.3 Å². The summed E-state index contributed by atoms with van der Waals surface area (Å²) in [5, 5.41) is 9.72. The van der Waals surface area contributed by atoms with Crippen LogP contribution in [0.2, 0.25) is 0 Å². The van der Waals surface area contributed by atoms with E-state index in [-0.39, 0.29) is 38.6 Å². The van der Waals surface area contributed by atoms with Crippen molar-refractivity contribution in [2.24, 2.45) is 0 Å². The normalized spacial score (nSPS) is 13.5. The Balaban J connectivity index is 4.28. The first kappa shape index (κ1) is 73.0. The highest BCUT2D eigenvalue weighted by molar-refractivity contribution is 5.71. The fourth-order valence-corrected chi connectivity index (χ4v) is 8.26. The maximum absolute atomic E-state index is 12.9. The highest BCUT2D eigenvalue weighted by Crippen LogP contribution is 2.16. The largest absolute Gasteiger partial charge is 0.477 e. The number of rotatable bonds is 56. The Labute approximate surface area is 473 Å². The summed E-state index contributed by atoms with van der Waals surface area (Å²) < 4.78 is 22.9. The van der Waals surface area contributed by atoms with E-state index in [4.69, 9.17) is 18.9 Å². The minimum atomic E-state index is -1.53. The third-order valence-electron chi connectivity index (χ3n) is 13.0. The molecule has 2 atom stereocenters. The van der Waals surface area contributed by atoms with Crippen molar-refractivity contribution < 1.29 is 42.9 Å². The lowest BCUT2D eigenvalue weighted by atomic mass is 10.0. The Hall–Kier alpha value is -4.05. The standard InChI is InChI=1S/C68H115NO8/c1-6-8-10-12-14-16-18-20-22-24-26-28-30-32-33-35-36-38-40-42-44-46-48-50-52-54-56-58-65(70)75-62-64(63-76-68(67(72)73)74-61-60-69(3,4)5)77-66(71)59-57-55-53-51-49-47-45-43-41-39-37-34-31-29-27-25-23-21-19-17-15-13-11-9-7-2/h9,11,15,17-18,20-21,23-24,26-27,29,34,37,41,43,47,49,64,68H,6-8,10,12-14,16,19,22,25,28,30-33,35-36,38-40,42,44-46,48,50-63H2,1-5H3/p+1/b11-9-,17-15-,20-18-,23-21-,26-24-,29-27-,37-34-,43-41-,49-47-. The van der Waals surface area contributed by atoms with Crippen molar-refractivity contribution in [1.82, 2.24) is 0 Å². The van der Waals surface area contributed by atoms with E-state index in [0.717, 1.165) is 89.9 Å². The number of carbonyl (C=O) groups excluding carboxylic acids is 2. The van der Waals surface area contributed by atoms with Crippen LogP contribution in [0.5, 0.6) is 0 Å². The minimum absolute atomic E-state index is 0.175. The van der Waals surface area contributed by atoms with Gasteiger partial charge in [0.25, 0.3) is 6.29 Å². The van der Waals surface area contributed by atoms with Gasteiger partial charge in [-0.15, -0.1) is 0 Å². The molecule has 0 aromatic carbocycles. The van der Waals surface area contributed by atoms with Gasteiger partial charge in [-0.05, 0) is 103 Å². The SMILES string of the molecule is CC/C=C\C/C=C\C/C=C\C/C=C\C/C=C\C/C=C\C/C=C\CCCCCC(=O)OC(COC(=O)CCCCCCCCCCCCCCCCC/C=C\C/C=C\CCCCCCC)COC(OCC[N+](C)(C)C)C(=O)O. The Bertz CT molecular complexity index is 1630. The van der Waals surface area contributed by atoms with Gasteiger partial charge < -0.3 is 28.5 Å². The molecule has 0 saturated heterocycles. The van der Waals surface area contributed by atoms with Crippen LogP contribution in [0.1, 0.15) is 245 Å². The second kappa shape index (κ2) is 58.1. The summed E-state index contributed by atoms with van der Waals surface area (Å²) >= 11 is 0. The van der Waals surface area contributed by atoms with Crippen LogP contribution in [0.4, 0.5) is 0 Å². The van der Waals surface area contributed by atoms with Crippen LogP contribution < -0.4 is 0 Å². The molecule has 0 aromatic rings. The Morgan fingerprint density at radius 3 is 1.12 bits per heavy atom. The molecule has 9 heteroatoms. The van der Waals surface area contributed by atoms with Crippen LogP contribution in [0.3, 0.4) is 0 Å². The summed E-state index contributed by atoms with van der Waals surface area (Å²) in [7, 11) is 5.95. The zero-order valence-electron chi connectivity index (χ0n) is 50.1. The number of carbonyl (C=O) groups is 3. The van der Waals surface area contributed by atoms with Gasteiger partial charge in [0, 0.05) is 12.8 Å². The van der Waals surface area contributed by atoms with Crippen LogP contribution >= 0.6 is 0 Å². The lowest BCUT2D eigenvalue weighted by molar-refractivity contribution is -0.870. The molecule has 440 valence electrons. The van der Waals surface area contributed by atoms with Crippen molar-refractivity contribution in [2.75, 3.05) is 47.5 Å². The maximum Gasteiger partial charge on any atom is 0.361 e. The van der Waals surface area contributed by atoms with E-state index in [9.17, 15) is 19.5 Å². The number of quaternary nitrogens is 1. The van der Waals surface area contributed by atoms with Crippen molar-refractivity contribution in [3.8, 4) is 0 Å². The van der Waals surface area contributed by atoms with Gasteiger partial charge in [0.15, 0.2) is 6.10 Å². The molecule has 0 aromatic heterocycles. The number of likely N-dealkylation sites (N-methyl/N-ethyl adjacent to an activating group) is 1. The zero-order valence-corrected chi connectivity index (χ0v) is 50.1. The number of allylic oxidation sites excluding steroid dienone is 18. The number of aliphatic carboxylic acids is 1. The predicted molar refractivity (Wildman–Crippen MR) is 327 cm³/mol. The predicted octanol–water partition coefficient (Wildman–Crippen LogP) is 18.7. The van der Waals surface area contributed by atoms with Crippen molar-refractivity contribution in [2.45, 2.75) is 257 Å². The average Bonchev–Trinajstić information content (AvgIpc) is 3.40. The number of carboxylic acids is 1.